The van der Waals surface area contributed by atoms with Crippen molar-refractivity contribution in [3.8, 4) is 0 Å². The van der Waals surface area contributed by atoms with Crippen molar-refractivity contribution in [1.29, 1.82) is 0 Å². The Balaban J connectivity index is 1.95. The molecule has 0 saturated heterocycles. The van der Waals surface area contributed by atoms with E-state index in [1.165, 1.54) is 0 Å². The number of thiophene rings is 1. The minimum absolute atomic E-state index is 0.0122. The molecule has 21 heavy (non-hydrogen) atoms. The summed E-state index contributed by atoms with van der Waals surface area (Å²) < 4.78 is 26.8. The first-order chi connectivity index (χ1) is 10.1. The highest BCUT2D eigenvalue weighted by atomic mass is 32.2. The van der Waals surface area contributed by atoms with Gasteiger partial charge in [-0.15, -0.1) is 11.3 Å². The van der Waals surface area contributed by atoms with E-state index in [-0.39, 0.29) is 5.75 Å². The zero-order valence-electron chi connectivity index (χ0n) is 12.0. The lowest BCUT2D eigenvalue weighted by molar-refractivity contribution is 0.581. The molecule has 0 spiro atoms. The molecule has 0 aliphatic carbocycles. The Morgan fingerprint density at radius 1 is 1.10 bits per heavy atom. The van der Waals surface area contributed by atoms with Crippen LogP contribution in [0.15, 0.2) is 41.8 Å². The van der Waals surface area contributed by atoms with E-state index in [1.807, 2.05) is 48.7 Å². The highest BCUT2D eigenvalue weighted by molar-refractivity contribution is 7.88. The van der Waals surface area contributed by atoms with Crippen LogP contribution in [-0.4, -0.2) is 15.0 Å². The van der Waals surface area contributed by atoms with E-state index in [9.17, 15) is 8.42 Å². The Bertz CT molecular complexity index is 652. The fourth-order valence-corrected chi connectivity index (χ4v) is 3.80. The SMILES string of the molecule is CCNCc1cccc(CS(=O)(=O)NCc2cccs2)c1. The summed E-state index contributed by atoms with van der Waals surface area (Å²) in [6.07, 6.45) is 0. The van der Waals surface area contributed by atoms with Crippen LogP contribution in [0.25, 0.3) is 0 Å². The first-order valence-corrected chi connectivity index (χ1v) is 9.40. The van der Waals surface area contributed by atoms with Crippen LogP contribution in [0.5, 0.6) is 0 Å². The lowest BCUT2D eigenvalue weighted by Crippen LogP contribution is -2.24. The van der Waals surface area contributed by atoms with Gasteiger partial charge >= 0.3 is 0 Å². The molecule has 4 nitrogen and oxygen atoms in total. The van der Waals surface area contributed by atoms with Gasteiger partial charge in [-0.25, -0.2) is 13.1 Å². The number of hydrogen-bond donors (Lipinski definition) is 2. The zero-order chi connectivity index (χ0) is 15.1. The molecule has 0 saturated carbocycles. The Morgan fingerprint density at radius 2 is 1.90 bits per heavy atom. The molecular formula is C15H20N2O2S2. The van der Waals surface area contributed by atoms with Crippen molar-refractivity contribution in [1.82, 2.24) is 10.0 Å². The van der Waals surface area contributed by atoms with Gasteiger partial charge in [0.05, 0.1) is 5.75 Å². The summed E-state index contributed by atoms with van der Waals surface area (Å²) in [6.45, 7) is 4.05. The molecule has 2 rings (SSSR count). The molecule has 1 aromatic heterocycles. The molecule has 6 heteroatoms. The highest BCUT2D eigenvalue weighted by Crippen LogP contribution is 2.11. The van der Waals surface area contributed by atoms with Crippen molar-refractivity contribution in [2.45, 2.75) is 25.8 Å². The fourth-order valence-electron chi connectivity index (χ4n) is 1.96. The molecule has 0 unspecified atom stereocenters. The second-order valence-electron chi connectivity index (χ2n) is 4.76. The van der Waals surface area contributed by atoms with Crippen LogP contribution in [0.4, 0.5) is 0 Å². The molecule has 2 N–H and O–H groups in total. The maximum absolute atomic E-state index is 12.1. The average molecular weight is 324 g/mol. The van der Waals surface area contributed by atoms with Crippen LogP contribution in [0.2, 0.25) is 0 Å². The first-order valence-electron chi connectivity index (χ1n) is 6.87. The highest BCUT2D eigenvalue weighted by Gasteiger charge is 2.11. The number of hydrogen-bond acceptors (Lipinski definition) is 4. The third-order valence-electron chi connectivity index (χ3n) is 2.97. The third-order valence-corrected chi connectivity index (χ3v) is 5.15. The molecule has 1 heterocycles. The molecule has 0 aliphatic rings. The van der Waals surface area contributed by atoms with Gasteiger partial charge in [0.15, 0.2) is 0 Å². The second kappa shape index (κ2) is 7.70. The molecule has 1 aromatic carbocycles. The van der Waals surface area contributed by atoms with Crippen LogP contribution in [0.3, 0.4) is 0 Å². The third kappa shape index (κ3) is 5.59. The summed E-state index contributed by atoms with van der Waals surface area (Å²) in [4.78, 5) is 1.01. The lowest BCUT2D eigenvalue weighted by Gasteiger charge is -2.08. The van der Waals surface area contributed by atoms with Crippen molar-refractivity contribution >= 4 is 21.4 Å². The Morgan fingerprint density at radius 3 is 2.62 bits per heavy atom. The van der Waals surface area contributed by atoms with Gasteiger partial charge in [0.2, 0.25) is 10.0 Å². The number of nitrogens with one attached hydrogen (secondary N) is 2. The van der Waals surface area contributed by atoms with Gasteiger partial charge in [-0.1, -0.05) is 37.3 Å². The van der Waals surface area contributed by atoms with Crippen molar-refractivity contribution in [2.75, 3.05) is 6.54 Å². The van der Waals surface area contributed by atoms with E-state index >= 15 is 0 Å². The summed E-state index contributed by atoms with van der Waals surface area (Å²) in [5.41, 5.74) is 1.91. The molecule has 0 aliphatic heterocycles. The molecule has 2 aromatic rings. The van der Waals surface area contributed by atoms with Crippen LogP contribution in [0, 0.1) is 0 Å². The van der Waals surface area contributed by atoms with E-state index in [1.54, 1.807) is 11.3 Å². The summed E-state index contributed by atoms with van der Waals surface area (Å²) >= 11 is 1.55. The van der Waals surface area contributed by atoms with Gasteiger partial charge in [0.25, 0.3) is 0 Å². The van der Waals surface area contributed by atoms with Gasteiger partial charge in [0.1, 0.15) is 0 Å². The predicted octanol–water partition coefficient (Wildman–Crippen LogP) is 2.48. The Labute approximate surface area is 130 Å². The van der Waals surface area contributed by atoms with Gasteiger partial charge in [-0.05, 0) is 29.1 Å². The maximum Gasteiger partial charge on any atom is 0.216 e. The van der Waals surface area contributed by atoms with Crippen LogP contribution in [-0.2, 0) is 28.9 Å². The maximum atomic E-state index is 12.1. The van der Waals surface area contributed by atoms with Gasteiger partial charge in [-0.3, -0.25) is 0 Å². The summed E-state index contributed by atoms with van der Waals surface area (Å²) in [7, 11) is -3.31. The van der Waals surface area contributed by atoms with Crippen molar-refractivity contribution in [2.24, 2.45) is 0 Å². The van der Waals surface area contributed by atoms with Crippen LogP contribution < -0.4 is 10.0 Å². The van der Waals surface area contributed by atoms with Gasteiger partial charge in [-0.2, -0.15) is 0 Å². The molecule has 0 fully saturated rings. The Kier molecular flexibility index (Phi) is 5.93. The fraction of sp³-hybridized carbons (Fsp3) is 0.333. The minimum atomic E-state index is -3.31. The summed E-state index contributed by atoms with van der Waals surface area (Å²) in [5, 5.41) is 5.17. The molecule has 0 atom stereocenters. The summed E-state index contributed by atoms with van der Waals surface area (Å²) in [6, 6.07) is 11.5. The average Bonchev–Trinajstić information content (AvgIpc) is 2.96. The molecule has 114 valence electrons. The quantitative estimate of drug-likeness (QED) is 0.784. The van der Waals surface area contributed by atoms with Crippen molar-refractivity contribution < 1.29 is 8.42 Å². The van der Waals surface area contributed by atoms with E-state index in [2.05, 4.69) is 10.0 Å². The topological polar surface area (TPSA) is 58.2 Å². The predicted molar refractivity (Wildman–Crippen MR) is 87.6 cm³/mol. The van der Waals surface area contributed by atoms with Crippen molar-refractivity contribution in [3.05, 3.63) is 57.8 Å². The van der Waals surface area contributed by atoms with E-state index in [4.69, 9.17) is 0 Å². The number of sulfonamides is 1. The molecule has 0 radical (unpaired) electrons. The van der Waals surface area contributed by atoms with E-state index in [0.29, 0.717) is 6.54 Å². The smallest absolute Gasteiger partial charge is 0.216 e. The molecular weight excluding hydrogens is 304 g/mol. The summed E-state index contributed by atoms with van der Waals surface area (Å²) in [5.74, 6) is 0.0122. The monoisotopic (exact) mass is 324 g/mol. The second-order valence-corrected chi connectivity index (χ2v) is 7.60. The van der Waals surface area contributed by atoms with Crippen molar-refractivity contribution in [3.63, 3.8) is 0 Å². The van der Waals surface area contributed by atoms with Crippen LogP contribution in [0.1, 0.15) is 22.9 Å². The standard InChI is InChI=1S/C15H20N2O2S2/c1-2-16-10-13-5-3-6-14(9-13)12-21(18,19)17-11-15-7-4-8-20-15/h3-9,16-17H,2,10-12H2,1H3. The Hall–Kier alpha value is -1.21. The molecule has 0 amide bonds. The van der Waals surface area contributed by atoms with E-state index < -0.39 is 10.0 Å². The van der Waals surface area contributed by atoms with Gasteiger partial charge in [0, 0.05) is 18.0 Å². The van der Waals surface area contributed by atoms with Gasteiger partial charge < -0.3 is 5.32 Å². The minimum Gasteiger partial charge on any atom is -0.313 e. The van der Waals surface area contributed by atoms with E-state index in [0.717, 1.165) is 29.1 Å². The largest absolute Gasteiger partial charge is 0.313 e. The lowest BCUT2D eigenvalue weighted by atomic mass is 10.1. The zero-order valence-corrected chi connectivity index (χ0v) is 13.6. The number of rotatable bonds is 8. The van der Waals surface area contributed by atoms with Crippen LogP contribution >= 0.6 is 11.3 Å². The molecule has 0 bridgehead atoms. The normalized spacial score (nSPS) is 11.7. The number of benzene rings is 1. The first kappa shape index (κ1) is 16.2.